The standard InChI is InChI=1S/C29H29FN4O3/c1-3-37-26-14-8-7-12-23(26)32-29(36)34(19(2)20-10-5-4-6-11-20)25-13-9-17-33-27(25)31-24-18-21(30)15-16-22(24)28(33)35/h4-8,10-12,14-16,18-19,25H,3,9,13,17H2,1-2H3,(H,32,36). The number of hydrogen-bond donors (Lipinski definition) is 1. The summed E-state index contributed by atoms with van der Waals surface area (Å²) in [7, 11) is 0. The predicted octanol–water partition coefficient (Wildman–Crippen LogP) is 6.06. The number of para-hydroxylation sites is 2. The first-order valence-electron chi connectivity index (χ1n) is 12.5. The highest BCUT2D eigenvalue weighted by molar-refractivity contribution is 5.91. The third-order valence-electron chi connectivity index (χ3n) is 6.80. The molecule has 4 aromatic rings. The van der Waals surface area contributed by atoms with Crippen molar-refractivity contribution in [2.24, 2.45) is 0 Å². The van der Waals surface area contributed by atoms with Crippen LogP contribution in [0.4, 0.5) is 14.9 Å². The van der Waals surface area contributed by atoms with E-state index in [-0.39, 0.29) is 23.1 Å². The number of fused-ring (bicyclic) bond motifs is 2. The highest BCUT2D eigenvalue weighted by Gasteiger charge is 2.36. The van der Waals surface area contributed by atoms with Gasteiger partial charge in [-0.3, -0.25) is 9.36 Å². The Balaban J connectivity index is 1.61. The Morgan fingerprint density at radius 3 is 2.70 bits per heavy atom. The lowest BCUT2D eigenvalue weighted by Gasteiger charge is -2.39. The van der Waals surface area contributed by atoms with Gasteiger partial charge in [0.25, 0.3) is 5.56 Å². The summed E-state index contributed by atoms with van der Waals surface area (Å²) in [6.45, 7) is 4.80. The van der Waals surface area contributed by atoms with Gasteiger partial charge < -0.3 is 15.0 Å². The highest BCUT2D eigenvalue weighted by atomic mass is 19.1. The monoisotopic (exact) mass is 500 g/mol. The van der Waals surface area contributed by atoms with Crippen LogP contribution in [0, 0.1) is 5.82 Å². The zero-order valence-electron chi connectivity index (χ0n) is 20.9. The number of aromatic nitrogens is 2. The van der Waals surface area contributed by atoms with Crippen LogP contribution in [0.25, 0.3) is 10.9 Å². The van der Waals surface area contributed by atoms with E-state index in [0.717, 1.165) is 5.56 Å². The Morgan fingerprint density at radius 1 is 1.16 bits per heavy atom. The largest absolute Gasteiger partial charge is 0.492 e. The van der Waals surface area contributed by atoms with E-state index in [0.29, 0.717) is 48.6 Å². The van der Waals surface area contributed by atoms with E-state index in [1.54, 1.807) is 15.5 Å². The van der Waals surface area contributed by atoms with Crippen LogP contribution in [-0.2, 0) is 6.54 Å². The van der Waals surface area contributed by atoms with Gasteiger partial charge in [0.05, 0.1) is 35.3 Å². The minimum absolute atomic E-state index is 0.223. The fourth-order valence-electron chi connectivity index (χ4n) is 5.03. The number of anilines is 1. The number of halogens is 1. The fraction of sp³-hybridized carbons (Fsp3) is 0.276. The van der Waals surface area contributed by atoms with Crippen molar-refractivity contribution in [1.29, 1.82) is 0 Å². The number of benzene rings is 3. The Bertz CT molecular complexity index is 1490. The molecule has 2 amide bonds. The van der Waals surface area contributed by atoms with Crippen molar-refractivity contribution >= 4 is 22.6 Å². The van der Waals surface area contributed by atoms with Gasteiger partial charge in [0, 0.05) is 12.6 Å². The Labute approximate surface area is 214 Å². The Morgan fingerprint density at radius 2 is 1.92 bits per heavy atom. The molecule has 0 bridgehead atoms. The molecule has 2 unspecified atom stereocenters. The fourth-order valence-corrected chi connectivity index (χ4v) is 5.03. The summed E-state index contributed by atoms with van der Waals surface area (Å²) < 4.78 is 21.4. The number of carbonyl (C=O) groups excluding carboxylic acids is 1. The molecule has 1 aromatic heterocycles. The SMILES string of the molecule is CCOc1ccccc1NC(=O)N(C(C)c1ccccc1)C1CCCn2c1nc1cc(F)ccc1c2=O. The van der Waals surface area contributed by atoms with Gasteiger partial charge in [-0.1, -0.05) is 42.5 Å². The molecule has 2 atom stereocenters. The van der Waals surface area contributed by atoms with Crippen molar-refractivity contribution in [2.45, 2.75) is 45.3 Å². The zero-order chi connectivity index (χ0) is 25.9. The lowest BCUT2D eigenvalue weighted by molar-refractivity contribution is 0.140. The molecule has 0 saturated carbocycles. The molecule has 8 heteroatoms. The zero-order valence-corrected chi connectivity index (χ0v) is 20.9. The lowest BCUT2D eigenvalue weighted by Crippen LogP contribution is -2.44. The Hall–Kier alpha value is -4.20. The maximum Gasteiger partial charge on any atom is 0.323 e. The van der Waals surface area contributed by atoms with Crippen molar-refractivity contribution in [1.82, 2.24) is 14.5 Å². The summed E-state index contributed by atoms with van der Waals surface area (Å²) in [6, 6.07) is 19.9. The highest BCUT2D eigenvalue weighted by Crippen LogP contribution is 2.37. The molecule has 1 N–H and O–H groups in total. The molecule has 5 rings (SSSR count). The molecule has 2 heterocycles. The van der Waals surface area contributed by atoms with Gasteiger partial charge in [-0.25, -0.2) is 14.2 Å². The number of urea groups is 1. The van der Waals surface area contributed by atoms with Crippen LogP contribution >= 0.6 is 0 Å². The van der Waals surface area contributed by atoms with Gasteiger partial charge in [0.15, 0.2) is 0 Å². The number of hydrogen-bond acceptors (Lipinski definition) is 4. The Kier molecular flexibility index (Phi) is 6.90. The van der Waals surface area contributed by atoms with Gasteiger partial charge in [-0.2, -0.15) is 0 Å². The first-order valence-corrected chi connectivity index (χ1v) is 12.5. The van der Waals surface area contributed by atoms with Crippen molar-refractivity contribution in [3.8, 4) is 5.75 Å². The lowest BCUT2D eigenvalue weighted by atomic mass is 9.99. The van der Waals surface area contributed by atoms with Crippen molar-refractivity contribution in [2.75, 3.05) is 11.9 Å². The molecule has 0 aliphatic carbocycles. The second-order valence-electron chi connectivity index (χ2n) is 9.10. The maximum atomic E-state index is 14.0. The summed E-state index contributed by atoms with van der Waals surface area (Å²) >= 11 is 0. The third-order valence-corrected chi connectivity index (χ3v) is 6.80. The number of rotatable bonds is 6. The second-order valence-corrected chi connectivity index (χ2v) is 9.10. The molecule has 0 radical (unpaired) electrons. The molecule has 0 saturated heterocycles. The van der Waals surface area contributed by atoms with Crippen LogP contribution in [0.2, 0.25) is 0 Å². The molecule has 1 aliphatic heterocycles. The average Bonchev–Trinajstić information content (AvgIpc) is 2.91. The molecule has 0 spiro atoms. The quantitative estimate of drug-likeness (QED) is 0.349. The molecular formula is C29H29FN4O3. The molecule has 1 aliphatic rings. The molecule has 37 heavy (non-hydrogen) atoms. The van der Waals surface area contributed by atoms with E-state index >= 15 is 0 Å². The van der Waals surface area contributed by atoms with Gasteiger partial charge in [-0.15, -0.1) is 0 Å². The minimum atomic E-state index is -0.497. The van der Waals surface area contributed by atoms with E-state index in [1.165, 1.54) is 18.2 Å². The van der Waals surface area contributed by atoms with Gasteiger partial charge in [0.1, 0.15) is 17.4 Å². The molecule has 3 aromatic carbocycles. The van der Waals surface area contributed by atoms with Gasteiger partial charge in [-0.05, 0) is 56.5 Å². The number of ether oxygens (including phenoxy) is 1. The minimum Gasteiger partial charge on any atom is -0.492 e. The number of amides is 2. The van der Waals surface area contributed by atoms with Crippen molar-refractivity contribution < 1.29 is 13.9 Å². The summed E-state index contributed by atoms with van der Waals surface area (Å²) in [5.74, 6) is 0.576. The third kappa shape index (κ3) is 4.79. The van der Waals surface area contributed by atoms with Crippen LogP contribution < -0.4 is 15.6 Å². The van der Waals surface area contributed by atoms with Crippen molar-refractivity contribution in [3.63, 3.8) is 0 Å². The predicted molar refractivity (Wildman–Crippen MR) is 141 cm³/mol. The number of nitrogens with one attached hydrogen (secondary N) is 1. The molecule has 190 valence electrons. The van der Waals surface area contributed by atoms with E-state index in [1.807, 2.05) is 62.4 Å². The van der Waals surface area contributed by atoms with Crippen LogP contribution in [0.15, 0.2) is 77.6 Å². The molecular weight excluding hydrogens is 471 g/mol. The summed E-state index contributed by atoms with van der Waals surface area (Å²) in [5, 5.41) is 3.39. The van der Waals surface area contributed by atoms with Crippen LogP contribution in [-0.4, -0.2) is 27.1 Å². The first kappa shape index (κ1) is 24.5. The smallest absolute Gasteiger partial charge is 0.323 e. The average molecular weight is 501 g/mol. The van der Waals surface area contributed by atoms with E-state index < -0.39 is 11.9 Å². The van der Waals surface area contributed by atoms with Crippen LogP contribution in [0.1, 0.15) is 50.2 Å². The summed E-state index contributed by atoms with van der Waals surface area (Å²) in [6.07, 6.45) is 1.32. The van der Waals surface area contributed by atoms with E-state index in [2.05, 4.69) is 5.32 Å². The maximum absolute atomic E-state index is 14.0. The molecule has 7 nitrogen and oxygen atoms in total. The normalized spacial score (nSPS) is 15.6. The summed E-state index contributed by atoms with van der Waals surface area (Å²) in [5.41, 5.74) is 1.57. The van der Waals surface area contributed by atoms with Gasteiger partial charge >= 0.3 is 6.03 Å². The second kappa shape index (κ2) is 10.4. The molecule has 0 fully saturated rings. The number of nitrogens with zero attached hydrogens (tertiary/aromatic N) is 3. The van der Waals surface area contributed by atoms with E-state index in [4.69, 9.17) is 9.72 Å². The van der Waals surface area contributed by atoms with Crippen LogP contribution in [0.3, 0.4) is 0 Å². The number of carbonyl (C=O) groups is 1. The van der Waals surface area contributed by atoms with Gasteiger partial charge in [0.2, 0.25) is 0 Å². The topological polar surface area (TPSA) is 76.5 Å². The van der Waals surface area contributed by atoms with Crippen molar-refractivity contribution in [3.05, 3.63) is 100 Å². The first-order chi connectivity index (χ1) is 18.0. The van der Waals surface area contributed by atoms with E-state index in [9.17, 15) is 14.0 Å². The summed E-state index contributed by atoms with van der Waals surface area (Å²) in [4.78, 5) is 33.8. The van der Waals surface area contributed by atoms with Crippen LogP contribution in [0.5, 0.6) is 5.75 Å².